The number of benzene rings is 1. The van der Waals surface area contributed by atoms with Crippen LogP contribution in [0, 0.1) is 6.92 Å². The molecule has 8 heteroatoms. The van der Waals surface area contributed by atoms with E-state index in [0.29, 0.717) is 6.54 Å². The van der Waals surface area contributed by atoms with Gasteiger partial charge in [-0.15, -0.1) is 0 Å². The quantitative estimate of drug-likeness (QED) is 0.300. The van der Waals surface area contributed by atoms with Crippen molar-refractivity contribution in [1.82, 2.24) is 5.43 Å². The summed E-state index contributed by atoms with van der Waals surface area (Å²) in [6.45, 7) is 2.72. The van der Waals surface area contributed by atoms with E-state index in [4.69, 9.17) is 22.6 Å². The third-order valence-corrected chi connectivity index (χ3v) is 1.60. The highest BCUT2D eigenvalue weighted by Crippen LogP contribution is 2.10. The van der Waals surface area contributed by atoms with Gasteiger partial charge in [0, 0.05) is 6.54 Å². The summed E-state index contributed by atoms with van der Waals surface area (Å²) in [5.74, 6) is 0. The normalized spacial score (nSPS) is 10.4. The van der Waals surface area contributed by atoms with Crippen molar-refractivity contribution >= 4 is 16.1 Å². The van der Waals surface area contributed by atoms with Crippen LogP contribution in [0.5, 0.6) is 0 Å². The fraction of sp³-hybridized carbons (Fsp3) is 0.333. The third-order valence-electron chi connectivity index (χ3n) is 1.60. The van der Waals surface area contributed by atoms with Crippen LogP contribution in [0.2, 0.25) is 0 Å². The van der Waals surface area contributed by atoms with Crippen molar-refractivity contribution in [2.24, 2.45) is 0 Å². The number of hydrogen-bond donors (Lipinski definition) is 5. The predicted octanol–water partition coefficient (Wildman–Crippen LogP) is 0.251. The molecule has 0 saturated heterocycles. The molecular weight excluding hydrogens is 248 g/mol. The Morgan fingerprint density at radius 2 is 1.76 bits per heavy atom. The van der Waals surface area contributed by atoms with Crippen LogP contribution >= 0.6 is 0 Å². The molecule has 0 unspecified atom stereocenters. The van der Waals surface area contributed by atoms with E-state index in [-0.39, 0.29) is 6.61 Å². The first-order valence-electron chi connectivity index (χ1n) is 4.70. The van der Waals surface area contributed by atoms with Crippen LogP contribution in [0.3, 0.4) is 0 Å². The Kier molecular flexibility index (Phi) is 7.42. The van der Waals surface area contributed by atoms with Gasteiger partial charge < -0.3 is 10.5 Å². The second-order valence-corrected chi connectivity index (χ2v) is 3.93. The van der Waals surface area contributed by atoms with Gasteiger partial charge in [0.05, 0.1) is 12.3 Å². The molecule has 1 aromatic carbocycles. The molecule has 98 valence electrons. The van der Waals surface area contributed by atoms with Gasteiger partial charge in [0.2, 0.25) is 0 Å². The molecule has 0 atom stereocenters. The minimum atomic E-state index is -4.67. The molecule has 0 aliphatic rings. The largest absolute Gasteiger partial charge is 0.395 e. The molecule has 0 heterocycles. The molecule has 0 spiro atoms. The van der Waals surface area contributed by atoms with Gasteiger partial charge in [-0.2, -0.15) is 8.42 Å². The summed E-state index contributed by atoms with van der Waals surface area (Å²) in [6, 6.07) is 7.98. The zero-order valence-corrected chi connectivity index (χ0v) is 10.1. The fourth-order valence-electron chi connectivity index (χ4n) is 0.927. The molecule has 0 radical (unpaired) electrons. The highest BCUT2D eigenvalue weighted by atomic mass is 32.3. The summed E-state index contributed by atoms with van der Waals surface area (Å²) in [7, 11) is -4.67. The van der Waals surface area contributed by atoms with Gasteiger partial charge in [-0.1, -0.05) is 18.2 Å². The lowest BCUT2D eigenvalue weighted by Gasteiger charge is -2.08. The first-order valence-corrected chi connectivity index (χ1v) is 6.09. The highest BCUT2D eigenvalue weighted by Gasteiger charge is 1.92. The van der Waals surface area contributed by atoms with Crippen LogP contribution in [0.4, 0.5) is 5.69 Å². The Bertz CT molecular complexity index is 413. The number of hydrogen-bond acceptors (Lipinski definition) is 5. The van der Waals surface area contributed by atoms with Gasteiger partial charge in [-0.05, 0) is 18.6 Å². The number of aliphatic hydroxyl groups is 1. The second kappa shape index (κ2) is 7.98. The Balaban J connectivity index is 0.000000437. The van der Waals surface area contributed by atoms with Gasteiger partial charge in [0.1, 0.15) is 0 Å². The van der Waals surface area contributed by atoms with E-state index in [1.807, 2.05) is 31.2 Å². The molecule has 7 nitrogen and oxygen atoms in total. The Hall–Kier alpha value is -1.19. The molecule has 1 aromatic rings. The lowest BCUT2D eigenvalue weighted by molar-refractivity contribution is 0.296. The van der Waals surface area contributed by atoms with Crippen molar-refractivity contribution in [2.45, 2.75) is 6.92 Å². The van der Waals surface area contributed by atoms with Crippen molar-refractivity contribution in [1.29, 1.82) is 0 Å². The summed E-state index contributed by atoms with van der Waals surface area (Å²) >= 11 is 0. The molecule has 1 rings (SSSR count). The molecular formula is C9H16N2O5S. The van der Waals surface area contributed by atoms with E-state index in [0.717, 1.165) is 5.69 Å². The molecule has 17 heavy (non-hydrogen) atoms. The number of anilines is 1. The predicted molar refractivity (Wildman–Crippen MR) is 64.1 cm³/mol. The van der Waals surface area contributed by atoms with Crippen molar-refractivity contribution in [3.8, 4) is 0 Å². The number of para-hydroxylation sites is 1. The molecule has 0 aliphatic heterocycles. The van der Waals surface area contributed by atoms with E-state index < -0.39 is 10.4 Å². The zero-order valence-electron chi connectivity index (χ0n) is 9.29. The van der Waals surface area contributed by atoms with Crippen LogP contribution in [-0.4, -0.2) is 35.8 Å². The van der Waals surface area contributed by atoms with Crippen molar-refractivity contribution in [3.63, 3.8) is 0 Å². The summed E-state index contributed by atoms with van der Waals surface area (Å²) in [6.07, 6.45) is 0. The molecule has 5 N–H and O–H groups in total. The summed E-state index contributed by atoms with van der Waals surface area (Å²) in [5.41, 5.74) is 8.13. The van der Waals surface area contributed by atoms with Crippen LogP contribution in [0.1, 0.15) is 5.56 Å². The Morgan fingerprint density at radius 3 is 2.24 bits per heavy atom. The lowest BCUT2D eigenvalue weighted by atomic mass is 10.2. The van der Waals surface area contributed by atoms with E-state index >= 15 is 0 Å². The first-order chi connectivity index (χ1) is 7.84. The molecule has 0 aromatic heterocycles. The first kappa shape index (κ1) is 15.8. The zero-order chi connectivity index (χ0) is 13.3. The SMILES string of the molecule is Cc1ccccc1NNCCO.O=S(=O)(O)O. The van der Waals surface area contributed by atoms with Gasteiger partial charge in [-0.25, -0.2) is 5.43 Å². The van der Waals surface area contributed by atoms with E-state index in [9.17, 15) is 0 Å². The molecule has 0 fully saturated rings. The fourth-order valence-corrected chi connectivity index (χ4v) is 0.927. The average Bonchev–Trinajstić information content (AvgIpc) is 2.19. The monoisotopic (exact) mass is 264 g/mol. The van der Waals surface area contributed by atoms with Crippen molar-refractivity contribution in [2.75, 3.05) is 18.6 Å². The molecule has 0 bridgehead atoms. The number of aryl methyl sites for hydroxylation is 1. The Labute approximate surface area is 100 Å². The summed E-state index contributed by atoms with van der Waals surface area (Å²) in [5, 5.41) is 8.51. The van der Waals surface area contributed by atoms with Gasteiger partial charge in [0.25, 0.3) is 0 Å². The standard InChI is InChI=1S/C9H14N2O.H2O4S/c1-8-4-2-3-5-9(8)11-10-6-7-12;1-5(2,3)4/h2-5,10-12H,6-7H2,1H3;(H2,1,2,3,4). The maximum Gasteiger partial charge on any atom is 0.394 e. The smallest absolute Gasteiger partial charge is 0.394 e. The molecule has 0 amide bonds. The van der Waals surface area contributed by atoms with Gasteiger partial charge >= 0.3 is 10.4 Å². The van der Waals surface area contributed by atoms with Crippen molar-refractivity contribution < 1.29 is 22.6 Å². The summed E-state index contributed by atoms with van der Waals surface area (Å²) in [4.78, 5) is 0. The van der Waals surface area contributed by atoms with Crippen LogP contribution < -0.4 is 10.9 Å². The minimum absolute atomic E-state index is 0.138. The van der Waals surface area contributed by atoms with Crippen LogP contribution in [0.25, 0.3) is 0 Å². The number of aliphatic hydroxyl groups excluding tert-OH is 1. The van der Waals surface area contributed by atoms with E-state index in [2.05, 4.69) is 10.9 Å². The number of rotatable bonds is 4. The molecule has 0 aliphatic carbocycles. The van der Waals surface area contributed by atoms with Crippen molar-refractivity contribution in [3.05, 3.63) is 29.8 Å². The van der Waals surface area contributed by atoms with E-state index in [1.165, 1.54) is 5.56 Å². The summed E-state index contributed by atoms with van der Waals surface area (Å²) < 4.78 is 31.6. The lowest BCUT2D eigenvalue weighted by Crippen LogP contribution is -2.25. The highest BCUT2D eigenvalue weighted by molar-refractivity contribution is 7.79. The average molecular weight is 264 g/mol. The molecule has 0 saturated carbocycles. The van der Waals surface area contributed by atoms with Gasteiger partial charge in [0.15, 0.2) is 0 Å². The van der Waals surface area contributed by atoms with Crippen LogP contribution in [0.15, 0.2) is 24.3 Å². The topological polar surface area (TPSA) is 119 Å². The second-order valence-electron chi connectivity index (χ2n) is 3.04. The van der Waals surface area contributed by atoms with Crippen LogP contribution in [-0.2, 0) is 10.4 Å². The number of hydrazine groups is 1. The maximum atomic E-state index is 8.74. The maximum absolute atomic E-state index is 8.74. The Morgan fingerprint density at radius 1 is 1.24 bits per heavy atom. The third kappa shape index (κ3) is 11.1. The number of nitrogens with one attached hydrogen (secondary N) is 2. The van der Waals surface area contributed by atoms with Gasteiger partial charge in [-0.3, -0.25) is 9.11 Å². The van der Waals surface area contributed by atoms with E-state index in [1.54, 1.807) is 0 Å². The minimum Gasteiger partial charge on any atom is -0.395 e.